The van der Waals surface area contributed by atoms with Gasteiger partial charge in [0.25, 0.3) is 0 Å². The lowest BCUT2D eigenvalue weighted by molar-refractivity contribution is -0.126. The first kappa shape index (κ1) is 22.5. The Morgan fingerprint density at radius 1 is 0.933 bits per heavy atom. The van der Waals surface area contributed by atoms with Gasteiger partial charge in [-0.2, -0.15) is 4.31 Å². The van der Waals surface area contributed by atoms with Crippen LogP contribution in [0.2, 0.25) is 0 Å². The predicted octanol–water partition coefficient (Wildman–Crippen LogP) is 2.37. The van der Waals surface area contributed by atoms with Crippen LogP contribution in [0.15, 0.2) is 64.4 Å². The second-order valence-corrected chi connectivity index (χ2v) is 11.5. The SMILES string of the molecule is C[C@@H](NC(=O)C1CCN(S(=O)(=O)c2ccccc2)CC1)c1ccc(S(C)(=O)=O)cc1. The Morgan fingerprint density at radius 2 is 1.50 bits per heavy atom. The van der Waals surface area contributed by atoms with Crippen molar-refractivity contribution in [1.29, 1.82) is 0 Å². The predicted molar refractivity (Wildman–Crippen MR) is 114 cm³/mol. The number of rotatable bonds is 6. The zero-order valence-electron chi connectivity index (χ0n) is 17.0. The average Bonchev–Trinajstić information content (AvgIpc) is 2.74. The van der Waals surface area contributed by atoms with Gasteiger partial charge in [0.15, 0.2) is 9.84 Å². The van der Waals surface area contributed by atoms with Crippen molar-refractivity contribution in [3.8, 4) is 0 Å². The fraction of sp³-hybridized carbons (Fsp3) is 0.381. The molecule has 0 bridgehead atoms. The summed E-state index contributed by atoms with van der Waals surface area (Å²) in [6, 6.07) is 14.5. The molecule has 30 heavy (non-hydrogen) atoms. The lowest BCUT2D eigenvalue weighted by atomic mass is 9.96. The van der Waals surface area contributed by atoms with Crippen LogP contribution in [0.1, 0.15) is 31.4 Å². The van der Waals surface area contributed by atoms with Crippen molar-refractivity contribution in [2.75, 3.05) is 19.3 Å². The zero-order valence-corrected chi connectivity index (χ0v) is 18.6. The number of carbonyl (C=O) groups excluding carboxylic acids is 1. The molecule has 1 saturated heterocycles. The standard InChI is InChI=1S/C21H26N2O5S2/c1-16(17-8-10-19(11-9-17)29(2,25)26)22-21(24)18-12-14-23(15-13-18)30(27,28)20-6-4-3-5-7-20/h3-11,16,18H,12-15H2,1-2H3,(H,22,24)/t16-/m1/s1. The minimum Gasteiger partial charge on any atom is -0.349 e. The molecule has 1 N–H and O–H groups in total. The van der Waals surface area contributed by atoms with Gasteiger partial charge in [0.2, 0.25) is 15.9 Å². The van der Waals surface area contributed by atoms with Gasteiger partial charge in [0.05, 0.1) is 15.8 Å². The molecule has 0 spiro atoms. The Bertz CT molecular complexity index is 1090. The summed E-state index contributed by atoms with van der Waals surface area (Å²) >= 11 is 0. The number of hydrogen-bond acceptors (Lipinski definition) is 5. The van der Waals surface area contributed by atoms with E-state index in [1.807, 2.05) is 6.92 Å². The molecule has 1 heterocycles. The number of piperidine rings is 1. The number of benzene rings is 2. The van der Waals surface area contributed by atoms with E-state index in [9.17, 15) is 21.6 Å². The second kappa shape index (κ2) is 8.87. The molecular formula is C21H26N2O5S2. The van der Waals surface area contributed by atoms with Crippen LogP contribution in [0.3, 0.4) is 0 Å². The highest BCUT2D eigenvalue weighted by atomic mass is 32.2. The highest BCUT2D eigenvalue weighted by molar-refractivity contribution is 7.90. The summed E-state index contributed by atoms with van der Waals surface area (Å²) < 4.78 is 50.0. The molecule has 1 aliphatic heterocycles. The van der Waals surface area contributed by atoms with Gasteiger partial charge in [-0.05, 0) is 49.6 Å². The van der Waals surface area contributed by atoms with Gasteiger partial charge in [0.1, 0.15) is 0 Å². The molecule has 162 valence electrons. The Morgan fingerprint density at radius 3 is 2.03 bits per heavy atom. The number of nitrogens with zero attached hydrogens (tertiary/aromatic N) is 1. The molecule has 2 aromatic carbocycles. The average molecular weight is 451 g/mol. The molecule has 0 radical (unpaired) electrons. The molecule has 0 unspecified atom stereocenters. The molecule has 0 aliphatic carbocycles. The Labute approximate surface area is 178 Å². The number of sulfonamides is 1. The van der Waals surface area contributed by atoms with Gasteiger partial charge < -0.3 is 5.32 Å². The highest BCUT2D eigenvalue weighted by Crippen LogP contribution is 2.25. The molecule has 1 fully saturated rings. The van der Waals surface area contributed by atoms with E-state index in [2.05, 4.69) is 5.32 Å². The van der Waals surface area contributed by atoms with Gasteiger partial charge in [0, 0.05) is 25.3 Å². The summed E-state index contributed by atoms with van der Waals surface area (Å²) in [4.78, 5) is 13.2. The Kier molecular flexibility index (Phi) is 6.64. The van der Waals surface area contributed by atoms with Crippen molar-refractivity contribution < 1.29 is 21.6 Å². The first-order chi connectivity index (χ1) is 14.1. The third kappa shape index (κ3) is 5.08. The van der Waals surface area contributed by atoms with Crippen molar-refractivity contribution in [1.82, 2.24) is 9.62 Å². The molecule has 1 atom stereocenters. The van der Waals surface area contributed by atoms with E-state index in [0.29, 0.717) is 25.9 Å². The van der Waals surface area contributed by atoms with Gasteiger partial charge >= 0.3 is 0 Å². The lowest BCUT2D eigenvalue weighted by Crippen LogP contribution is -2.43. The van der Waals surface area contributed by atoms with E-state index in [1.54, 1.807) is 42.5 Å². The fourth-order valence-corrected chi connectivity index (χ4v) is 5.64. The minimum absolute atomic E-state index is 0.119. The number of amides is 1. The first-order valence-electron chi connectivity index (χ1n) is 9.74. The molecule has 3 rings (SSSR count). The van der Waals surface area contributed by atoms with Gasteiger partial charge in [-0.1, -0.05) is 30.3 Å². The second-order valence-electron chi connectivity index (χ2n) is 7.56. The Hall–Kier alpha value is -2.23. The largest absolute Gasteiger partial charge is 0.349 e. The van der Waals surface area contributed by atoms with E-state index in [0.717, 1.165) is 11.8 Å². The molecule has 1 amide bonds. The van der Waals surface area contributed by atoms with Crippen LogP contribution in [-0.4, -0.2) is 46.4 Å². The van der Waals surface area contributed by atoms with Crippen LogP contribution >= 0.6 is 0 Å². The molecular weight excluding hydrogens is 424 g/mol. The third-order valence-corrected chi connectivity index (χ3v) is 8.41. The molecule has 1 aliphatic rings. The molecule has 7 nitrogen and oxygen atoms in total. The van der Waals surface area contributed by atoms with Crippen molar-refractivity contribution in [2.24, 2.45) is 5.92 Å². The van der Waals surface area contributed by atoms with Crippen molar-refractivity contribution in [3.63, 3.8) is 0 Å². The van der Waals surface area contributed by atoms with Crippen molar-refractivity contribution in [2.45, 2.75) is 35.6 Å². The summed E-state index contributed by atoms with van der Waals surface area (Å²) in [7, 11) is -6.80. The zero-order chi connectivity index (χ0) is 21.9. The van der Waals surface area contributed by atoms with Crippen LogP contribution < -0.4 is 5.32 Å². The normalized spacial score (nSPS) is 17.4. The summed E-state index contributed by atoms with van der Waals surface area (Å²) in [5, 5.41) is 2.95. The first-order valence-corrected chi connectivity index (χ1v) is 13.1. The van der Waals surface area contributed by atoms with Crippen LogP contribution in [0.5, 0.6) is 0 Å². The van der Waals surface area contributed by atoms with Gasteiger partial charge in [-0.3, -0.25) is 4.79 Å². The number of carbonyl (C=O) groups is 1. The van der Waals surface area contributed by atoms with Crippen LogP contribution in [0.25, 0.3) is 0 Å². The summed E-state index contributed by atoms with van der Waals surface area (Å²) in [5.41, 5.74) is 0.805. The fourth-order valence-electron chi connectivity index (χ4n) is 3.52. The quantitative estimate of drug-likeness (QED) is 0.728. The molecule has 9 heteroatoms. The number of sulfone groups is 1. The van der Waals surface area contributed by atoms with E-state index >= 15 is 0 Å². The monoisotopic (exact) mass is 450 g/mol. The maximum atomic E-state index is 12.7. The number of hydrogen-bond donors (Lipinski definition) is 1. The summed E-state index contributed by atoms with van der Waals surface area (Å²) in [5.74, 6) is -0.378. The molecule has 0 aromatic heterocycles. The smallest absolute Gasteiger partial charge is 0.243 e. The van der Waals surface area contributed by atoms with E-state index < -0.39 is 19.9 Å². The van der Waals surface area contributed by atoms with Crippen LogP contribution in [0, 0.1) is 5.92 Å². The van der Waals surface area contributed by atoms with Crippen molar-refractivity contribution >= 4 is 25.8 Å². The van der Waals surface area contributed by atoms with Crippen LogP contribution in [-0.2, 0) is 24.7 Å². The van der Waals surface area contributed by atoms with Crippen LogP contribution in [0.4, 0.5) is 0 Å². The van der Waals surface area contributed by atoms with E-state index in [-0.39, 0.29) is 27.7 Å². The lowest BCUT2D eigenvalue weighted by Gasteiger charge is -2.31. The van der Waals surface area contributed by atoms with Gasteiger partial charge in [-0.25, -0.2) is 16.8 Å². The maximum Gasteiger partial charge on any atom is 0.243 e. The Balaban J connectivity index is 1.58. The van der Waals surface area contributed by atoms with Crippen molar-refractivity contribution in [3.05, 3.63) is 60.2 Å². The topological polar surface area (TPSA) is 101 Å². The molecule has 0 saturated carbocycles. The maximum absolute atomic E-state index is 12.7. The van der Waals surface area contributed by atoms with E-state index in [4.69, 9.17) is 0 Å². The molecule has 2 aromatic rings. The minimum atomic E-state index is -3.54. The number of nitrogens with one attached hydrogen (secondary N) is 1. The van der Waals surface area contributed by atoms with Gasteiger partial charge in [-0.15, -0.1) is 0 Å². The summed E-state index contributed by atoms with van der Waals surface area (Å²) in [6.07, 6.45) is 2.06. The van der Waals surface area contributed by atoms with E-state index in [1.165, 1.54) is 16.4 Å². The third-order valence-electron chi connectivity index (χ3n) is 5.37. The summed E-state index contributed by atoms with van der Waals surface area (Å²) in [6.45, 7) is 2.43. The highest BCUT2D eigenvalue weighted by Gasteiger charge is 2.32.